The lowest BCUT2D eigenvalue weighted by molar-refractivity contribution is -0.00662. The Kier molecular flexibility index (Phi) is 9.21. The summed E-state index contributed by atoms with van der Waals surface area (Å²) in [7, 11) is 0. The second-order valence-electron chi connectivity index (χ2n) is 7.77. The minimum Gasteiger partial charge on any atom is -0.378 e. The van der Waals surface area contributed by atoms with Crippen molar-refractivity contribution in [2.24, 2.45) is 17.8 Å². The van der Waals surface area contributed by atoms with E-state index in [1.165, 1.54) is 76.7 Å². The fourth-order valence-corrected chi connectivity index (χ4v) is 4.22. The monoisotopic (exact) mass is 329 g/mol. The molecule has 0 amide bonds. The minimum atomic E-state index is 0.488. The summed E-state index contributed by atoms with van der Waals surface area (Å²) in [4.78, 5) is 0. The van der Waals surface area contributed by atoms with Gasteiger partial charge in [-0.05, 0) is 56.3 Å². The summed E-state index contributed by atoms with van der Waals surface area (Å²) < 4.78 is 6.25. The molecule has 0 unspecified atom stereocenters. The summed E-state index contributed by atoms with van der Waals surface area (Å²) in [5, 5.41) is 8.47. The van der Waals surface area contributed by atoms with E-state index < -0.39 is 0 Å². The molecule has 2 aliphatic rings. The molecule has 0 aliphatic heterocycles. The first-order valence-electron chi connectivity index (χ1n) is 10.2. The van der Waals surface area contributed by atoms with Gasteiger partial charge in [0.15, 0.2) is 0 Å². The number of unbranched alkanes of at least 4 members (excludes halogenated alkanes) is 1. The lowest BCUT2D eigenvalue weighted by Gasteiger charge is -2.31. The highest BCUT2D eigenvalue weighted by atomic mass is 16.5. The SMILES string of the molecule is CCCC[C@H]1CC[C@H](COC2CCC(C=CC=CC#N)CC2)CC1. The first-order chi connectivity index (χ1) is 11.8. The second kappa shape index (κ2) is 11.5. The van der Waals surface area contributed by atoms with Gasteiger partial charge in [0, 0.05) is 12.7 Å². The Labute approximate surface area is 149 Å². The third kappa shape index (κ3) is 7.22. The molecule has 0 spiro atoms. The van der Waals surface area contributed by atoms with Gasteiger partial charge in [-0.3, -0.25) is 0 Å². The van der Waals surface area contributed by atoms with Gasteiger partial charge in [-0.2, -0.15) is 5.26 Å². The van der Waals surface area contributed by atoms with Crippen molar-refractivity contribution in [3.05, 3.63) is 24.3 Å². The van der Waals surface area contributed by atoms with Crippen LogP contribution in [0.2, 0.25) is 0 Å². The van der Waals surface area contributed by atoms with Crippen molar-refractivity contribution in [1.29, 1.82) is 5.26 Å². The molecule has 0 aromatic rings. The molecule has 2 rings (SSSR count). The third-order valence-corrected chi connectivity index (χ3v) is 5.88. The van der Waals surface area contributed by atoms with Gasteiger partial charge >= 0.3 is 0 Å². The Morgan fingerprint density at radius 1 is 0.958 bits per heavy atom. The van der Waals surface area contributed by atoms with Crippen LogP contribution in [0.15, 0.2) is 24.3 Å². The molecule has 134 valence electrons. The van der Waals surface area contributed by atoms with Gasteiger partial charge < -0.3 is 4.74 Å². The van der Waals surface area contributed by atoms with Crippen molar-refractivity contribution in [2.45, 2.75) is 83.7 Å². The van der Waals surface area contributed by atoms with Crippen LogP contribution >= 0.6 is 0 Å². The van der Waals surface area contributed by atoms with Gasteiger partial charge in [-0.25, -0.2) is 0 Å². The number of nitrogens with zero attached hydrogens (tertiary/aromatic N) is 1. The molecule has 2 aliphatic carbocycles. The molecule has 0 saturated heterocycles. The smallest absolute Gasteiger partial charge is 0.0912 e. The van der Waals surface area contributed by atoms with Crippen LogP contribution in [0.1, 0.15) is 77.6 Å². The topological polar surface area (TPSA) is 33.0 Å². The van der Waals surface area contributed by atoms with Gasteiger partial charge in [-0.15, -0.1) is 0 Å². The molecule has 0 aromatic carbocycles. The van der Waals surface area contributed by atoms with Crippen molar-refractivity contribution in [2.75, 3.05) is 6.61 Å². The molecule has 2 fully saturated rings. The van der Waals surface area contributed by atoms with E-state index in [2.05, 4.69) is 13.0 Å². The van der Waals surface area contributed by atoms with Crippen LogP contribution in [0, 0.1) is 29.1 Å². The molecule has 0 bridgehead atoms. The number of nitriles is 1. The number of rotatable bonds is 8. The Bertz CT molecular complexity index is 418. The average molecular weight is 330 g/mol. The summed E-state index contributed by atoms with van der Waals surface area (Å²) in [6.45, 7) is 3.30. The summed E-state index contributed by atoms with van der Waals surface area (Å²) in [6, 6.07) is 2.02. The summed E-state index contributed by atoms with van der Waals surface area (Å²) >= 11 is 0. The highest BCUT2D eigenvalue weighted by Crippen LogP contribution is 2.33. The summed E-state index contributed by atoms with van der Waals surface area (Å²) in [5.41, 5.74) is 0. The van der Waals surface area contributed by atoms with E-state index in [1.54, 1.807) is 0 Å². The van der Waals surface area contributed by atoms with E-state index in [9.17, 15) is 0 Å². The first kappa shape index (κ1) is 19.3. The minimum absolute atomic E-state index is 0.488. The van der Waals surface area contributed by atoms with E-state index in [4.69, 9.17) is 10.00 Å². The van der Waals surface area contributed by atoms with Gasteiger partial charge in [0.05, 0.1) is 12.2 Å². The Hall–Kier alpha value is -1.07. The predicted molar refractivity (Wildman–Crippen MR) is 101 cm³/mol. The zero-order valence-corrected chi connectivity index (χ0v) is 15.5. The van der Waals surface area contributed by atoms with Crippen LogP contribution in [-0.4, -0.2) is 12.7 Å². The van der Waals surface area contributed by atoms with Crippen molar-refractivity contribution in [3.63, 3.8) is 0 Å². The normalized spacial score (nSPS) is 31.5. The molecule has 0 heterocycles. The molecule has 0 atom stereocenters. The maximum atomic E-state index is 8.47. The van der Waals surface area contributed by atoms with Crippen molar-refractivity contribution in [1.82, 2.24) is 0 Å². The van der Waals surface area contributed by atoms with Crippen molar-refractivity contribution >= 4 is 0 Å². The van der Waals surface area contributed by atoms with E-state index >= 15 is 0 Å². The van der Waals surface area contributed by atoms with Crippen LogP contribution in [0.4, 0.5) is 0 Å². The van der Waals surface area contributed by atoms with E-state index in [0.29, 0.717) is 12.0 Å². The standard InChI is InChI=1S/C22H35NO/c1-2-3-7-19-9-11-21(12-10-19)18-24-22-15-13-20(14-16-22)8-5-4-6-17-23/h4-6,8,19-22H,2-3,7,9-16,18H2,1H3/t19-,20?,21-,22?. The first-order valence-corrected chi connectivity index (χ1v) is 10.2. The van der Waals surface area contributed by atoms with Crippen LogP contribution in [0.3, 0.4) is 0 Å². The molecular formula is C22H35NO. The predicted octanol–water partition coefficient (Wildman–Crippen LogP) is 6.19. The summed E-state index contributed by atoms with van der Waals surface area (Å²) in [6.07, 6.45) is 22.8. The van der Waals surface area contributed by atoms with Crippen LogP contribution in [-0.2, 0) is 4.74 Å². The maximum absolute atomic E-state index is 8.47. The molecule has 2 heteroatoms. The highest BCUT2D eigenvalue weighted by molar-refractivity contribution is 5.12. The van der Waals surface area contributed by atoms with Crippen LogP contribution < -0.4 is 0 Å². The third-order valence-electron chi connectivity index (χ3n) is 5.88. The Morgan fingerprint density at radius 3 is 2.33 bits per heavy atom. The fourth-order valence-electron chi connectivity index (χ4n) is 4.22. The van der Waals surface area contributed by atoms with Crippen LogP contribution in [0.25, 0.3) is 0 Å². The van der Waals surface area contributed by atoms with E-state index in [0.717, 1.165) is 18.4 Å². The highest BCUT2D eigenvalue weighted by Gasteiger charge is 2.24. The van der Waals surface area contributed by atoms with Gasteiger partial charge in [0.25, 0.3) is 0 Å². The lowest BCUT2D eigenvalue weighted by atomic mass is 9.80. The molecule has 24 heavy (non-hydrogen) atoms. The Balaban J connectivity index is 1.56. The van der Waals surface area contributed by atoms with E-state index in [1.807, 2.05) is 18.2 Å². The van der Waals surface area contributed by atoms with Gasteiger partial charge in [0.1, 0.15) is 0 Å². The molecular weight excluding hydrogens is 294 g/mol. The second-order valence-corrected chi connectivity index (χ2v) is 7.77. The molecule has 0 N–H and O–H groups in total. The number of allylic oxidation sites excluding steroid dienone is 4. The zero-order chi connectivity index (χ0) is 17.0. The van der Waals surface area contributed by atoms with E-state index in [-0.39, 0.29) is 0 Å². The van der Waals surface area contributed by atoms with Crippen molar-refractivity contribution < 1.29 is 4.74 Å². The average Bonchev–Trinajstić information content (AvgIpc) is 2.64. The number of hydrogen-bond acceptors (Lipinski definition) is 2. The quantitative estimate of drug-likeness (QED) is 0.392. The fraction of sp³-hybridized carbons (Fsp3) is 0.773. The zero-order valence-electron chi connectivity index (χ0n) is 15.5. The van der Waals surface area contributed by atoms with Crippen molar-refractivity contribution in [3.8, 4) is 6.07 Å². The maximum Gasteiger partial charge on any atom is 0.0912 e. The molecule has 0 aromatic heterocycles. The van der Waals surface area contributed by atoms with Gasteiger partial charge in [0.2, 0.25) is 0 Å². The largest absolute Gasteiger partial charge is 0.378 e. The Morgan fingerprint density at radius 2 is 1.67 bits per heavy atom. The lowest BCUT2D eigenvalue weighted by Crippen LogP contribution is -2.25. The van der Waals surface area contributed by atoms with Gasteiger partial charge in [-0.1, -0.05) is 57.3 Å². The number of ether oxygens (including phenoxy) is 1. The van der Waals surface area contributed by atoms with Crippen LogP contribution in [0.5, 0.6) is 0 Å². The number of hydrogen-bond donors (Lipinski definition) is 0. The summed E-state index contributed by atoms with van der Waals surface area (Å²) in [5.74, 6) is 2.48. The molecule has 2 saturated carbocycles. The molecule has 0 radical (unpaired) electrons. The molecule has 2 nitrogen and oxygen atoms in total.